The number of methoxy groups -OCH3 is 2. The molecular formula is C38H38O9. The van der Waals surface area contributed by atoms with Gasteiger partial charge in [0.15, 0.2) is 23.0 Å². The summed E-state index contributed by atoms with van der Waals surface area (Å²) in [6.45, 7) is 1.35. The van der Waals surface area contributed by atoms with Gasteiger partial charge >= 0.3 is 11.9 Å². The van der Waals surface area contributed by atoms with Gasteiger partial charge in [0.1, 0.15) is 18.0 Å². The summed E-state index contributed by atoms with van der Waals surface area (Å²) >= 11 is 0. The first kappa shape index (κ1) is 33.0. The number of benzene rings is 4. The van der Waals surface area contributed by atoms with Crippen LogP contribution in [-0.4, -0.2) is 53.7 Å². The van der Waals surface area contributed by atoms with E-state index in [9.17, 15) is 24.9 Å². The van der Waals surface area contributed by atoms with Gasteiger partial charge in [-0.3, -0.25) is 9.59 Å². The number of aryl methyl sites for hydroxylation is 1. The topological polar surface area (TPSA) is 132 Å². The lowest BCUT2D eigenvalue weighted by Gasteiger charge is -2.27. The Kier molecular flexibility index (Phi) is 10.4. The summed E-state index contributed by atoms with van der Waals surface area (Å²) in [7, 11) is 2.95. The minimum absolute atomic E-state index is 0.00744. The van der Waals surface area contributed by atoms with Crippen LogP contribution in [0.5, 0.6) is 28.7 Å². The molecule has 0 heterocycles. The molecule has 0 radical (unpaired) electrons. The van der Waals surface area contributed by atoms with Crippen LogP contribution < -0.4 is 9.47 Å². The third kappa shape index (κ3) is 8.47. The zero-order chi connectivity index (χ0) is 33.5. The Balaban J connectivity index is 1.48. The SMILES string of the molecule is COc1cc([C@@H]2C#CCc3cc(O)c(OC)cc3CC[C@H](OC(C)=O)C[C@@H](OC(=O)Cc3ccc4cc(O)ccc4c3)C2)ccc1O. The number of carbonyl (C=O) groups excluding carboxylic acids is 2. The molecule has 0 aromatic heterocycles. The molecule has 0 unspecified atom stereocenters. The van der Waals surface area contributed by atoms with Crippen LogP contribution in [0.4, 0.5) is 0 Å². The molecule has 0 saturated heterocycles. The van der Waals surface area contributed by atoms with Crippen molar-refractivity contribution >= 4 is 22.7 Å². The second kappa shape index (κ2) is 14.8. The van der Waals surface area contributed by atoms with Crippen molar-refractivity contribution in [1.29, 1.82) is 0 Å². The molecular weight excluding hydrogens is 600 g/mol. The third-order valence-corrected chi connectivity index (χ3v) is 8.29. The van der Waals surface area contributed by atoms with Gasteiger partial charge in [-0.05, 0) is 82.3 Å². The molecule has 244 valence electrons. The largest absolute Gasteiger partial charge is 0.508 e. The lowest BCUT2D eigenvalue weighted by Crippen LogP contribution is -2.29. The average Bonchev–Trinajstić information content (AvgIpc) is 3.03. The molecule has 47 heavy (non-hydrogen) atoms. The Labute approximate surface area is 273 Å². The van der Waals surface area contributed by atoms with E-state index in [1.807, 2.05) is 18.2 Å². The van der Waals surface area contributed by atoms with E-state index < -0.39 is 30.1 Å². The molecule has 0 saturated carbocycles. The third-order valence-electron chi connectivity index (χ3n) is 8.29. The van der Waals surface area contributed by atoms with E-state index >= 15 is 0 Å². The van der Waals surface area contributed by atoms with E-state index in [1.165, 1.54) is 27.2 Å². The highest BCUT2D eigenvalue weighted by Crippen LogP contribution is 2.35. The summed E-state index contributed by atoms with van der Waals surface area (Å²) in [5.41, 5.74) is 3.23. The van der Waals surface area contributed by atoms with Gasteiger partial charge in [0.2, 0.25) is 0 Å². The van der Waals surface area contributed by atoms with Crippen LogP contribution >= 0.6 is 0 Å². The molecule has 0 amide bonds. The van der Waals surface area contributed by atoms with Crippen LogP contribution in [0.25, 0.3) is 10.8 Å². The lowest BCUT2D eigenvalue weighted by atomic mass is 9.88. The minimum Gasteiger partial charge on any atom is -0.508 e. The van der Waals surface area contributed by atoms with Crippen molar-refractivity contribution in [3.05, 3.63) is 89.0 Å². The molecule has 1 aliphatic carbocycles. The highest BCUT2D eigenvalue weighted by molar-refractivity contribution is 5.85. The van der Waals surface area contributed by atoms with Crippen molar-refractivity contribution < 1.29 is 43.9 Å². The highest BCUT2D eigenvalue weighted by Gasteiger charge is 2.27. The minimum atomic E-state index is -0.670. The first-order chi connectivity index (χ1) is 22.6. The monoisotopic (exact) mass is 638 g/mol. The molecule has 5 rings (SSSR count). The quantitative estimate of drug-likeness (QED) is 0.162. The average molecular weight is 639 g/mol. The van der Waals surface area contributed by atoms with Gasteiger partial charge in [0, 0.05) is 32.1 Å². The van der Waals surface area contributed by atoms with Crippen molar-refractivity contribution in [2.75, 3.05) is 14.2 Å². The Morgan fingerprint density at radius 2 is 1.53 bits per heavy atom. The van der Waals surface area contributed by atoms with Gasteiger partial charge in [-0.2, -0.15) is 0 Å². The first-order valence-electron chi connectivity index (χ1n) is 15.4. The number of hydrogen-bond donors (Lipinski definition) is 3. The number of aromatic hydroxyl groups is 3. The maximum atomic E-state index is 13.4. The Morgan fingerprint density at radius 3 is 2.30 bits per heavy atom. The van der Waals surface area contributed by atoms with Gasteiger partial charge in [-0.25, -0.2) is 0 Å². The lowest BCUT2D eigenvalue weighted by molar-refractivity contribution is -0.154. The van der Waals surface area contributed by atoms with Gasteiger partial charge in [-0.15, -0.1) is 0 Å². The zero-order valence-electron chi connectivity index (χ0n) is 26.6. The number of phenols is 3. The van der Waals surface area contributed by atoms with E-state index in [2.05, 4.69) is 11.8 Å². The standard InChI is InChI=1S/C38H38O9/c1-23(39)46-32-13-10-29-21-37(45-3)35(42)19-26(29)6-4-5-25(30-11-14-34(41)36(20-30)44-2)18-33(22-32)47-38(43)16-24-7-8-28-17-31(40)12-9-27(28)15-24/h7-9,11-12,14-15,17,19-21,25,32-33,40-42H,6,10,13,16,18,22H2,1-3H3/t25-,32+,33+/m1/s1. The smallest absolute Gasteiger partial charge is 0.310 e. The molecule has 0 spiro atoms. The first-order valence-corrected chi connectivity index (χ1v) is 15.4. The van der Waals surface area contributed by atoms with E-state index in [-0.39, 0.29) is 35.8 Å². The van der Waals surface area contributed by atoms with E-state index in [0.29, 0.717) is 31.4 Å². The van der Waals surface area contributed by atoms with Gasteiger partial charge in [0.25, 0.3) is 0 Å². The van der Waals surface area contributed by atoms with Crippen molar-refractivity contribution in [3.8, 4) is 40.6 Å². The summed E-state index contributed by atoms with van der Waals surface area (Å²) in [5, 5.41) is 32.3. The summed E-state index contributed by atoms with van der Waals surface area (Å²) in [6.07, 6.45) is 0.592. The molecule has 4 aromatic carbocycles. The van der Waals surface area contributed by atoms with E-state index in [4.69, 9.17) is 18.9 Å². The predicted molar refractivity (Wildman–Crippen MR) is 176 cm³/mol. The van der Waals surface area contributed by atoms with Crippen LogP contribution in [0.1, 0.15) is 54.4 Å². The highest BCUT2D eigenvalue weighted by atomic mass is 16.6. The number of fused-ring (bicyclic) bond motifs is 2. The fourth-order valence-electron chi connectivity index (χ4n) is 5.98. The molecule has 0 fully saturated rings. The maximum absolute atomic E-state index is 13.4. The molecule has 9 heteroatoms. The Hall–Kier alpha value is -5.36. The second-order valence-corrected chi connectivity index (χ2v) is 11.7. The van der Waals surface area contributed by atoms with Crippen molar-refractivity contribution in [2.45, 2.75) is 63.6 Å². The second-order valence-electron chi connectivity index (χ2n) is 11.7. The molecule has 0 bridgehead atoms. The molecule has 0 aliphatic heterocycles. The fraction of sp³-hybridized carbons (Fsp3) is 0.316. The summed E-state index contributed by atoms with van der Waals surface area (Å²) < 4.78 is 22.6. The number of phenolic OH excluding ortho intramolecular Hbond substituents is 3. The summed E-state index contributed by atoms with van der Waals surface area (Å²) in [4.78, 5) is 25.6. The van der Waals surface area contributed by atoms with Gasteiger partial charge in [-0.1, -0.05) is 42.2 Å². The van der Waals surface area contributed by atoms with Crippen LogP contribution in [0.15, 0.2) is 66.7 Å². The number of esters is 2. The Morgan fingerprint density at radius 1 is 0.787 bits per heavy atom. The van der Waals surface area contributed by atoms with Crippen LogP contribution in [0.3, 0.4) is 0 Å². The van der Waals surface area contributed by atoms with E-state index in [1.54, 1.807) is 42.5 Å². The molecule has 1 aliphatic rings. The van der Waals surface area contributed by atoms with Gasteiger partial charge in [0.05, 0.1) is 20.6 Å². The maximum Gasteiger partial charge on any atom is 0.310 e. The zero-order valence-corrected chi connectivity index (χ0v) is 26.6. The van der Waals surface area contributed by atoms with Crippen molar-refractivity contribution in [3.63, 3.8) is 0 Å². The normalized spacial score (nSPS) is 18.0. The number of carbonyl (C=O) groups is 2. The molecule has 4 aromatic rings. The van der Waals surface area contributed by atoms with Gasteiger partial charge < -0.3 is 34.3 Å². The number of hydrogen-bond acceptors (Lipinski definition) is 9. The van der Waals surface area contributed by atoms with Crippen molar-refractivity contribution in [2.24, 2.45) is 0 Å². The van der Waals surface area contributed by atoms with Crippen LogP contribution in [0, 0.1) is 11.8 Å². The fourth-order valence-corrected chi connectivity index (χ4v) is 5.98. The molecule has 9 nitrogen and oxygen atoms in total. The molecule has 3 N–H and O–H groups in total. The van der Waals surface area contributed by atoms with Crippen LogP contribution in [0.2, 0.25) is 0 Å². The van der Waals surface area contributed by atoms with E-state index in [0.717, 1.165) is 33.0 Å². The number of rotatable bonds is 7. The molecule has 3 atom stereocenters. The van der Waals surface area contributed by atoms with Crippen molar-refractivity contribution in [1.82, 2.24) is 0 Å². The van der Waals surface area contributed by atoms with Crippen LogP contribution in [-0.2, 0) is 38.3 Å². The summed E-state index contributed by atoms with van der Waals surface area (Å²) in [6, 6.07) is 19.0. The number of ether oxygens (including phenoxy) is 4. The Bertz CT molecular complexity index is 1830. The predicted octanol–water partition coefficient (Wildman–Crippen LogP) is 6.12. The summed E-state index contributed by atoms with van der Waals surface area (Å²) in [5.74, 6) is 6.03.